The second-order valence-electron chi connectivity index (χ2n) is 2.80. The molecule has 1 rings (SSSR count). The summed E-state index contributed by atoms with van der Waals surface area (Å²) < 4.78 is 0. The lowest BCUT2D eigenvalue weighted by Crippen LogP contribution is -2.71. The molecule has 1 atom stereocenters. The summed E-state index contributed by atoms with van der Waals surface area (Å²) in [7, 11) is 0. The van der Waals surface area contributed by atoms with E-state index in [-0.39, 0.29) is 5.54 Å². The number of hydrogen-bond donors (Lipinski definition) is 1. The minimum atomic E-state index is -0.292. The molecule has 0 aromatic heterocycles. The molecule has 0 spiro atoms. The number of quaternary nitrogens is 1. The van der Waals surface area contributed by atoms with Crippen LogP contribution in [-0.2, 0) is 0 Å². The first kappa shape index (κ1) is 5.58. The van der Waals surface area contributed by atoms with Crippen LogP contribution >= 0.6 is 0 Å². The van der Waals surface area contributed by atoms with E-state index in [2.05, 4.69) is 11.8 Å². The summed E-state index contributed by atoms with van der Waals surface area (Å²) in [5.74, 6) is 0.590. The number of hydrogen-bond acceptors (Lipinski definition) is 1. The zero-order valence-electron chi connectivity index (χ0n) is 5.15. The van der Waals surface area contributed by atoms with Crippen LogP contribution in [0.5, 0.6) is 0 Å². The Labute approximate surface area is 49.3 Å². The van der Waals surface area contributed by atoms with E-state index in [1.54, 1.807) is 0 Å². The van der Waals surface area contributed by atoms with Gasteiger partial charge in [-0.1, -0.05) is 0 Å². The molecule has 44 valence electrons. The largest absolute Gasteiger partial charge is 0.341 e. The smallest absolute Gasteiger partial charge is 0.181 e. The Morgan fingerprint density at radius 1 is 1.75 bits per heavy atom. The summed E-state index contributed by atoms with van der Waals surface area (Å²) in [5.41, 5.74) is 3.50. The molecule has 3 N–H and O–H groups in total. The van der Waals surface area contributed by atoms with E-state index in [0.717, 1.165) is 0 Å². The SMILES string of the molecule is C[C@@]([NH3+])(C#N)C1CC1. The first-order valence-corrected chi connectivity index (χ1v) is 2.93. The molecular formula is C6H11N2+. The molecule has 0 saturated heterocycles. The van der Waals surface area contributed by atoms with E-state index in [1.807, 2.05) is 6.92 Å². The minimum absolute atomic E-state index is 0.292. The molecule has 1 saturated carbocycles. The summed E-state index contributed by atoms with van der Waals surface area (Å²) in [4.78, 5) is 0. The topological polar surface area (TPSA) is 51.4 Å². The summed E-state index contributed by atoms with van der Waals surface area (Å²) >= 11 is 0. The Bertz CT molecular complexity index is 128. The average molecular weight is 111 g/mol. The maximum atomic E-state index is 8.49. The molecule has 1 aliphatic rings. The Morgan fingerprint density at radius 2 is 2.25 bits per heavy atom. The molecule has 8 heavy (non-hydrogen) atoms. The quantitative estimate of drug-likeness (QED) is 0.505. The van der Waals surface area contributed by atoms with E-state index in [9.17, 15) is 0 Å². The van der Waals surface area contributed by atoms with Gasteiger partial charge in [-0.2, -0.15) is 5.26 Å². The van der Waals surface area contributed by atoms with Gasteiger partial charge >= 0.3 is 0 Å². The van der Waals surface area contributed by atoms with Crippen molar-refractivity contribution < 1.29 is 5.73 Å². The van der Waals surface area contributed by atoms with E-state index in [1.165, 1.54) is 12.8 Å². The van der Waals surface area contributed by atoms with Crippen LogP contribution in [0.2, 0.25) is 0 Å². The van der Waals surface area contributed by atoms with E-state index in [4.69, 9.17) is 5.26 Å². The Kier molecular flexibility index (Phi) is 1.02. The van der Waals surface area contributed by atoms with Crippen LogP contribution in [0.3, 0.4) is 0 Å². The van der Waals surface area contributed by atoms with E-state index < -0.39 is 0 Å². The predicted octanol–water partition coefficient (Wildman–Crippen LogP) is -0.0794. The second-order valence-corrected chi connectivity index (χ2v) is 2.80. The predicted molar refractivity (Wildman–Crippen MR) is 29.6 cm³/mol. The highest BCUT2D eigenvalue weighted by Crippen LogP contribution is 2.36. The first-order chi connectivity index (χ1) is 3.67. The van der Waals surface area contributed by atoms with Crippen molar-refractivity contribution in [1.82, 2.24) is 0 Å². The van der Waals surface area contributed by atoms with Gasteiger partial charge in [0, 0.05) is 12.8 Å². The summed E-state index contributed by atoms with van der Waals surface area (Å²) in [6.45, 7) is 1.91. The maximum absolute atomic E-state index is 8.49. The summed E-state index contributed by atoms with van der Waals surface area (Å²) in [5, 5.41) is 8.49. The van der Waals surface area contributed by atoms with Crippen LogP contribution in [-0.4, -0.2) is 5.54 Å². The van der Waals surface area contributed by atoms with Gasteiger partial charge in [0.2, 0.25) is 0 Å². The van der Waals surface area contributed by atoms with Gasteiger partial charge in [0.15, 0.2) is 5.54 Å². The molecule has 0 bridgehead atoms. The van der Waals surface area contributed by atoms with Gasteiger partial charge in [-0.3, -0.25) is 0 Å². The van der Waals surface area contributed by atoms with Crippen LogP contribution in [0.15, 0.2) is 0 Å². The Hall–Kier alpha value is -0.550. The van der Waals surface area contributed by atoms with E-state index >= 15 is 0 Å². The Balaban J connectivity index is 2.53. The molecular weight excluding hydrogens is 100 g/mol. The fraction of sp³-hybridized carbons (Fsp3) is 0.833. The molecule has 0 unspecified atom stereocenters. The van der Waals surface area contributed by atoms with Crippen molar-refractivity contribution in [2.45, 2.75) is 25.3 Å². The lowest BCUT2D eigenvalue weighted by molar-refractivity contribution is -0.456. The monoisotopic (exact) mass is 111 g/mol. The van der Waals surface area contributed by atoms with Crippen molar-refractivity contribution in [3.63, 3.8) is 0 Å². The van der Waals surface area contributed by atoms with Crippen LogP contribution in [0.1, 0.15) is 19.8 Å². The summed E-state index contributed by atoms with van der Waals surface area (Å²) in [6, 6.07) is 2.19. The lowest BCUT2D eigenvalue weighted by atomic mass is 10.0. The molecule has 2 nitrogen and oxygen atoms in total. The van der Waals surface area contributed by atoms with Crippen molar-refractivity contribution in [2.24, 2.45) is 5.92 Å². The maximum Gasteiger partial charge on any atom is 0.181 e. The van der Waals surface area contributed by atoms with Crippen LogP contribution in [0, 0.1) is 17.2 Å². The van der Waals surface area contributed by atoms with Crippen molar-refractivity contribution in [2.75, 3.05) is 0 Å². The second kappa shape index (κ2) is 1.46. The number of rotatable bonds is 1. The zero-order valence-corrected chi connectivity index (χ0v) is 5.15. The van der Waals surface area contributed by atoms with Crippen molar-refractivity contribution in [3.8, 4) is 6.07 Å². The third-order valence-electron chi connectivity index (χ3n) is 1.73. The molecule has 1 aliphatic carbocycles. The van der Waals surface area contributed by atoms with Crippen molar-refractivity contribution in [1.29, 1.82) is 5.26 Å². The highest BCUT2D eigenvalue weighted by atomic mass is 14.8. The van der Waals surface area contributed by atoms with Crippen LogP contribution in [0.25, 0.3) is 0 Å². The molecule has 0 aromatic rings. The highest BCUT2D eigenvalue weighted by Gasteiger charge is 2.42. The van der Waals surface area contributed by atoms with Gasteiger partial charge in [0.25, 0.3) is 0 Å². The van der Waals surface area contributed by atoms with Gasteiger partial charge < -0.3 is 5.73 Å². The minimum Gasteiger partial charge on any atom is -0.341 e. The van der Waals surface area contributed by atoms with E-state index in [0.29, 0.717) is 5.92 Å². The molecule has 0 aromatic carbocycles. The van der Waals surface area contributed by atoms with Gasteiger partial charge in [-0.05, 0) is 12.8 Å². The standard InChI is InChI=1S/C6H10N2/c1-6(8,4-7)5-2-3-5/h5H,2-3,8H2,1H3/p+1/t6-/m1/s1. The van der Waals surface area contributed by atoms with Crippen molar-refractivity contribution in [3.05, 3.63) is 0 Å². The van der Waals surface area contributed by atoms with Crippen LogP contribution in [0.4, 0.5) is 0 Å². The average Bonchev–Trinajstić information content (AvgIpc) is 2.44. The molecule has 0 radical (unpaired) electrons. The third kappa shape index (κ3) is 0.823. The first-order valence-electron chi connectivity index (χ1n) is 2.93. The molecule has 0 aliphatic heterocycles. The highest BCUT2D eigenvalue weighted by molar-refractivity contribution is 5.04. The third-order valence-corrected chi connectivity index (χ3v) is 1.73. The lowest BCUT2D eigenvalue weighted by Gasteiger charge is -2.07. The number of nitrogens with zero attached hydrogens (tertiary/aromatic N) is 1. The van der Waals surface area contributed by atoms with Crippen molar-refractivity contribution >= 4 is 0 Å². The fourth-order valence-corrected chi connectivity index (χ4v) is 0.812. The van der Waals surface area contributed by atoms with Gasteiger partial charge in [-0.15, -0.1) is 0 Å². The Morgan fingerprint density at radius 3 is 2.38 bits per heavy atom. The van der Waals surface area contributed by atoms with Gasteiger partial charge in [0.1, 0.15) is 6.07 Å². The fourth-order valence-electron chi connectivity index (χ4n) is 0.812. The normalized spacial score (nSPS) is 26.1. The zero-order chi connectivity index (χ0) is 6.20. The van der Waals surface area contributed by atoms with Gasteiger partial charge in [0.05, 0.1) is 0 Å². The number of nitriles is 1. The molecule has 2 heteroatoms. The van der Waals surface area contributed by atoms with Gasteiger partial charge in [-0.25, -0.2) is 0 Å². The molecule has 1 fully saturated rings. The molecule has 0 heterocycles. The molecule has 0 amide bonds. The van der Waals surface area contributed by atoms with Crippen LogP contribution < -0.4 is 5.73 Å². The summed E-state index contributed by atoms with van der Waals surface area (Å²) in [6.07, 6.45) is 2.40.